The Hall–Kier alpha value is -0.900. The van der Waals surface area contributed by atoms with Gasteiger partial charge in [-0.3, -0.25) is 9.59 Å². The highest BCUT2D eigenvalue weighted by atomic mass is 16.6. The van der Waals surface area contributed by atoms with Crippen molar-refractivity contribution < 1.29 is 19.1 Å². The van der Waals surface area contributed by atoms with Crippen molar-refractivity contribution in [1.82, 2.24) is 0 Å². The normalized spacial score (nSPS) is 22.6. The summed E-state index contributed by atoms with van der Waals surface area (Å²) in [5.74, 6) is -0.511. The number of carbonyl (C=O) groups excluding carboxylic acids is 2. The fourth-order valence-electron chi connectivity index (χ4n) is 1.48. The van der Waals surface area contributed by atoms with Crippen LogP contribution in [0.15, 0.2) is 0 Å². The highest BCUT2D eigenvalue weighted by Crippen LogP contribution is 2.18. The maximum Gasteiger partial charge on any atom is 0.307 e. The number of Topliss-reactive ketones (excluding diaryl/α,β-unsaturated/α-hetero) is 1. The summed E-state index contributed by atoms with van der Waals surface area (Å²) < 4.78 is 10.1. The number of ketones is 1. The number of hydrogen-bond acceptors (Lipinski definition) is 4. The fraction of sp³-hybridized carbons (Fsp3) is 0.818. The molecule has 1 fully saturated rings. The molecule has 4 heteroatoms. The van der Waals surface area contributed by atoms with Crippen LogP contribution in [0, 0.1) is 5.92 Å². The van der Waals surface area contributed by atoms with Crippen molar-refractivity contribution in [1.29, 1.82) is 0 Å². The maximum absolute atomic E-state index is 11.5. The van der Waals surface area contributed by atoms with Crippen molar-refractivity contribution in [2.24, 2.45) is 5.92 Å². The van der Waals surface area contributed by atoms with Crippen molar-refractivity contribution in [3.05, 3.63) is 0 Å². The SMILES string of the molecule is CC(C)(C)OC(=O)CC1CCOCC1=O. The zero-order valence-electron chi connectivity index (χ0n) is 9.54. The van der Waals surface area contributed by atoms with E-state index in [-0.39, 0.29) is 30.7 Å². The minimum atomic E-state index is -0.481. The molecule has 1 saturated heterocycles. The summed E-state index contributed by atoms with van der Waals surface area (Å²) in [5.41, 5.74) is -0.481. The molecule has 1 aliphatic heterocycles. The molecule has 0 bridgehead atoms. The Bertz CT molecular complexity index is 252. The van der Waals surface area contributed by atoms with Gasteiger partial charge in [-0.2, -0.15) is 0 Å². The van der Waals surface area contributed by atoms with Crippen LogP contribution in [0.5, 0.6) is 0 Å². The van der Waals surface area contributed by atoms with Crippen LogP contribution in [0.4, 0.5) is 0 Å². The number of rotatable bonds is 2. The van der Waals surface area contributed by atoms with Gasteiger partial charge in [-0.1, -0.05) is 0 Å². The standard InChI is InChI=1S/C11H18O4/c1-11(2,3)15-10(13)6-8-4-5-14-7-9(8)12/h8H,4-7H2,1-3H3. The number of hydrogen-bond donors (Lipinski definition) is 0. The van der Waals surface area contributed by atoms with E-state index in [1.807, 2.05) is 20.8 Å². The molecule has 0 amide bonds. The average molecular weight is 214 g/mol. The third-order valence-electron chi connectivity index (χ3n) is 2.14. The van der Waals surface area contributed by atoms with E-state index in [4.69, 9.17) is 9.47 Å². The van der Waals surface area contributed by atoms with Crippen molar-refractivity contribution >= 4 is 11.8 Å². The van der Waals surface area contributed by atoms with E-state index in [1.165, 1.54) is 0 Å². The van der Waals surface area contributed by atoms with Gasteiger partial charge in [0.2, 0.25) is 0 Å². The Balaban J connectivity index is 2.40. The van der Waals surface area contributed by atoms with Crippen LogP contribution in [0.25, 0.3) is 0 Å². The van der Waals surface area contributed by atoms with Gasteiger partial charge in [0, 0.05) is 12.5 Å². The molecule has 0 aromatic heterocycles. The second kappa shape index (κ2) is 4.75. The molecule has 4 nitrogen and oxygen atoms in total. The van der Waals surface area contributed by atoms with Gasteiger partial charge in [0.15, 0.2) is 5.78 Å². The van der Waals surface area contributed by atoms with Crippen molar-refractivity contribution in [3.8, 4) is 0 Å². The van der Waals surface area contributed by atoms with Gasteiger partial charge in [0.05, 0.1) is 6.42 Å². The lowest BCUT2D eigenvalue weighted by molar-refractivity contribution is -0.158. The summed E-state index contributed by atoms with van der Waals surface area (Å²) in [6.45, 7) is 6.14. The molecule has 0 radical (unpaired) electrons. The minimum Gasteiger partial charge on any atom is -0.460 e. The van der Waals surface area contributed by atoms with Gasteiger partial charge in [0.25, 0.3) is 0 Å². The van der Waals surface area contributed by atoms with E-state index in [1.54, 1.807) is 0 Å². The Kier molecular flexibility index (Phi) is 3.85. The zero-order valence-corrected chi connectivity index (χ0v) is 9.54. The Morgan fingerprint density at radius 2 is 2.20 bits per heavy atom. The first-order chi connectivity index (χ1) is 6.88. The van der Waals surface area contributed by atoms with Crippen LogP contribution in [-0.2, 0) is 19.1 Å². The van der Waals surface area contributed by atoms with Gasteiger partial charge < -0.3 is 9.47 Å². The van der Waals surface area contributed by atoms with E-state index < -0.39 is 5.60 Å². The minimum absolute atomic E-state index is 0.00658. The topological polar surface area (TPSA) is 52.6 Å². The van der Waals surface area contributed by atoms with Crippen molar-refractivity contribution in [3.63, 3.8) is 0 Å². The van der Waals surface area contributed by atoms with Crippen molar-refractivity contribution in [2.45, 2.75) is 39.2 Å². The third kappa shape index (κ3) is 4.42. The second-order valence-electron chi connectivity index (χ2n) is 4.80. The summed E-state index contributed by atoms with van der Waals surface area (Å²) in [6.07, 6.45) is 0.803. The Morgan fingerprint density at radius 3 is 2.73 bits per heavy atom. The number of carbonyl (C=O) groups is 2. The first kappa shape index (κ1) is 12.2. The monoisotopic (exact) mass is 214 g/mol. The summed E-state index contributed by atoms with van der Waals surface area (Å²) >= 11 is 0. The second-order valence-corrected chi connectivity index (χ2v) is 4.80. The predicted octanol–water partition coefficient (Wildman–Crippen LogP) is 1.32. The lowest BCUT2D eigenvalue weighted by Gasteiger charge is -2.23. The molecule has 0 N–H and O–H groups in total. The summed E-state index contributed by atoms with van der Waals surface area (Å²) in [6, 6.07) is 0. The molecule has 1 rings (SSSR count). The van der Waals surface area contributed by atoms with E-state index >= 15 is 0 Å². The molecule has 1 atom stereocenters. The maximum atomic E-state index is 11.5. The molecule has 0 saturated carbocycles. The lowest BCUT2D eigenvalue weighted by Crippen LogP contribution is -2.32. The molecule has 86 valence electrons. The summed E-state index contributed by atoms with van der Waals surface area (Å²) in [4.78, 5) is 22.8. The molecule has 15 heavy (non-hydrogen) atoms. The summed E-state index contributed by atoms with van der Waals surface area (Å²) in [5, 5.41) is 0. The predicted molar refractivity (Wildman–Crippen MR) is 54.4 cm³/mol. The van der Waals surface area contributed by atoms with Crippen LogP contribution in [-0.4, -0.2) is 30.6 Å². The van der Waals surface area contributed by atoms with Gasteiger partial charge >= 0.3 is 5.97 Å². The first-order valence-electron chi connectivity index (χ1n) is 5.21. The lowest BCUT2D eigenvalue weighted by atomic mass is 9.95. The van der Waals surface area contributed by atoms with Crippen molar-refractivity contribution in [2.75, 3.05) is 13.2 Å². The molecule has 0 spiro atoms. The van der Waals surface area contributed by atoms with Gasteiger partial charge in [-0.05, 0) is 27.2 Å². The smallest absolute Gasteiger partial charge is 0.307 e. The van der Waals surface area contributed by atoms with Gasteiger partial charge in [-0.15, -0.1) is 0 Å². The van der Waals surface area contributed by atoms with Gasteiger partial charge in [-0.25, -0.2) is 0 Å². The highest BCUT2D eigenvalue weighted by Gasteiger charge is 2.27. The molecule has 1 aliphatic rings. The molecule has 0 aliphatic carbocycles. The Labute approximate surface area is 89.9 Å². The quantitative estimate of drug-likeness (QED) is 0.651. The average Bonchev–Trinajstić information content (AvgIpc) is 2.05. The van der Waals surface area contributed by atoms with Crippen LogP contribution < -0.4 is 0 Å². The van der Waals surface area contributed by atoms with E-state index in [0.29, 0.717) is 13.0 Å². The van der Waals surface area contributed by atoms with Crippen LogP contribution >= 0.6 is 0 Å². The zero-order chi connectivity index (χ0) is 11.5. The van der Waals surface area contributed by atoms with E-state index in [9.17, 15) is 9.59 Å². The molecular weight excluding hydrogens is 196 g/mol. The molecule has 1 unspecified atom stereocenters. The largest absolute Gasteiger partial charge is 0.460 e. The first-order valence-corrected chi connectivity index (χ1v) is 5.21. The Morgan fingerprint density at radius 1 is 1.53 bits per heavy atom. The third-order valence-corrected chi connectivity index (χ3v) is 2.14. The van der Waals surface area contributed by atoms with Crippen LogP contribution in [0.3, 0.4) is 0 Å². The van der Waals surface area contributed by atoms with E-state index in [2.05, 4.69) is 0 Å². The summed E-state index contributed by atoms with van der Waals surface area (Å²) in [7, 11) is 0. The highest BCUT2D eigenvalue weighted by molar-refractivity contribution is 5.86. The molecule has 0 aromatic rings. The van der Waals surface area contributed by atoms with Gasteiger partial charge in [0.1, 0.15) is 12.2 Å². The molecule has 1 heterocycles. The van der Waals surface area contributed by atoms with E-state index in [0.717, 1.165) is 0 Å². The van der Waals surface area contributed by atoms with Crippen LogP contribution in [0.1, 0.15) is 33.6 Å². The number of ether oxygens (including phenoxy) is 2. The number of esters is 1. The van der Waals surface area contributed by atoms with Crippen LogP contribution in [0.2, 0.25) is 0 Å². The fourth-order valence-corrected chi connectivity index (χ4v) is 1.48. The molecule has 0 aromatic carbocycles. The molecular formula is C11H18O4.